The van der Waals surface area contributed by atoms with Crippen molar-refractivity contribution in [2.45, 2.75) is 51.2 Å². The molecule has 6 nitrogen and oxygen atoms in total. The van der Waals surface area contributed by atoms with E-state index in [1.165, 1.54) is 5.56 Å². The van der Waals surface area contributed by atoms with Gasteiger partial charge in [0.1, 0.15) is 5.82 Å². The van der Waals surface area contributed by atoms with E-state index in [0.717, 1.165) is 69.3 Å². The molecule has 150 valence electrons. The summed E-state index contributed by atoms with van der Waals surface area (Å²) in [7, 11) is 0. The van der Waals surface area contributed by atoms with Gasteiger partial charge < -0.3 is 15.3 Å². The number of aromatic nitrogens is 2. The molecule has 2 saturated heterocycles. The lowest BCUT2D eigenvalue weighted by atomic mass is 10.0. The predicted molar refractivity (Wildman–Crippen MR) is 113 cm³/mol. The SMILES string of the molecule is Cc1cc(NC2CCN(Cc3ccccc3)CC2)nc(N2CCCC2CO)n1. The first-order valence-electron chi connectivity index (χ1n) is 10.5. The Hall–Kier alpha value is -2.18. The molecular formula is C22H31N5O. The second-order valence-corrected chi connectivity index (χ2v) is 8.05. The number of rotatable bonds is 6. The van der Waals surface area contributed by atoms with Crippen molar-refractivity contribution in [1.29, 1.82) is 0 Å². The van der Waals surface area contributed by atoms with E-state index in [1.807, 2.05) is 13.0 Å². The molecule has 4 rings (SSSR count). The zero-order chi connectivity index (χ0) is 19.3. The van der Waals surface area contributed by atoms with Crippen molar-refractivity contribution in [3.8, 4) is 0 Å². The molecular weight excluding hydrogens is 350 g/mol. The molecule has 6 heteroatoms. The second-order valence-electron chi connectivity index (χ2n) is 8.05. The maximum atomic E-state index is 9.61. The molecule has 2 aliphatic heterocycles. The van der Waals surface area contributed by atoms with Crippen LogP contribution in [0, 0.1) is 6.92 Å². The largest absolute Gasteiger partial charge is 0.394 e. The van der Waals surface area contributed by atoms with Crippen molar-refractivity contribution in [3.63, 3.8) is 0 Å². The highest BCUT2D eigenvalue weighted by atomic mass is 16.3. The van der Waals surface area contributed by atoms with Crippen molar-refractivity contribution in [3.05, 3.63) is 47.7 Å². The third-order valence-electron chi connectivity index (χ3n) is 5.88. The Balaban J connectivity index is 1.35. The Morgan fingerprint density at radius 2 is 1.86 bits per heavy atom. The zero-order valence-corrected chi connectivity index (χ0v) is 16.7. The molecule has 1 aromatic heterocycles. The summed E-state index contributed by atoms with van der Waals surface area (Å²) in [6.07, 6.45) is 4.34. The summed E-state index contributed by atoms with van der Waals surface area (Å²) in [5, 5.41) is 13.2. The van der Waals surface area contributed by atoms with E-state index in [-0.39, 0.29) is 12.6 Å². The highest BCUT2D eigenvalue weighted by Gasteiger charge is 2.27. The number of anilines is 2. The Morgan fingerprint density at radius 3 is 2.61 bits per heavy atom. The minimum Gasteiger partial charge on any atom is -0.394 e. The van der Waals surface area contributed by atoms with Gasteiger partial charge in [-0.05, 0) is 38.2 Å². The van der Waals surface area contributed by atoms with Crippen molar-refractivity contribution in [1.82, 2.24) is 14.9 Å². The summed E-state index contributed by atoms with van der Waals surface area (Å²) < 4.78 is 0. The Bertz CT molecular complexity index is 761. The summed E-state index contributed by atoms with van der Waals surface area (Å²) in [4.78, 5) is 14.1. The summed E-state index contributed by atoms with van der Waals surface area (Å²) in [5.74, 6) is 1.66. The van der Waals surface area contributed by atoms with Crippen LogP contribution < -0.4 is 10.2 Å². The molecule has 2 fully saturated rings. The minimum absolute atomic E-state index is 0.149. The fraction of sp³-hybridized carbons (Fsp3) is 0.545. The molecule has 0 aliphatic carbocycles. The van der Waals surface area contributed by atoms with E-state index in [4.69, 9.17) is 4.98 Å². The number of nitrogens with zero attached hydrogens (tertiary/aromatic N) is 4. The van der Waals surface area contributed by atoms with E-state index < -0.39 is 0 Å². The van der Waals surface area contributed by atoms with E-state index in [0.29, 0.717) is 6.04 Å². The smallest absolute Gasteiger partial charge is 0.227 e. The normalized spacial score (nSPS) is 21.2. The number of likely N-dealkylation sites (tertiary alicyclic amines) is 1. The van der Waals surface area contributed by atoms with Gasteiger partial charge >= 0.3 is 0 Å². The Labute approximate surface area is 167 Å². The molecule has 1 atom stereocenters. The Morgan fingerprint density at radius 1 is 1.07 bits per heavy atom. The van der Waals surface area contributed by atoms with E-state index >= 15 is 0 Å². The van der Waals surface area contributed by atoms with Gasteiger partial charge in [0.15, 0.2) is 0 Å². The first-order valence-corrected chi connectivity index (χ1v) is 10.5. The van der Waals surface area contributed by atoms with Gasteiger partial charge in [0.25, 0.3) is 0 Å². The summed E-state index contributed by atoms with van der Waals surface area (Å²) >= 11 is 0. The quantitative estimate of drug-likeness (QED) is 0.802. The number of hydrogen-bond donors (Lipinski definition) is 2. The van der Waals surface area contributed by atoms with Crippen molar-refractivity contribution >= 4 is 11.8 Å². The lowest BCUT2D eigenvalue weighted by molar-refractivity contribution is 0.211. The number of hydrogen-bond acceptors (Lipinski definition) is 6. The molecule has 3 heterocycles. The van der Waals surface area contributed by atoms with E-state index in [2.05, 4.69) is 50.4 Å². The van der Waals surface area contributed by atoms with Gasteiger partial charge in [-0.15, -0.1) is 0 Å². The average Bonchev–Trinajstić information content (AvgIpc) is 3.19. The number of benzene rings is 1. The highest BCUT2D eigenvalue weighted by molar-refractivity contribution is 5.45. The molecule has 0 spiro atoms. The van der Waals surface area contributed by atoms with E-state index in [1.54, 1.807) is 0 Å². The molecule has 2 aliphatic rings. The Kier molecular flexibility index (Phi) is 6.07. The number of piperidine rings is 1. The first-order chi connectivity index (χ1) is 13.7. The molecule has 0 saturated carbocycles. The average molecular weight is 382 g/mol. The van der Waals surface area contributed by atoms with Gasteiger partial charge in [0, 0.05) is 44.0 Å². The number of nitrogens with one attached hydrogen (secondary N) is 1. The maximum Gasteiger partial charge on any atom is 0.227 e. The third-order valence-corrected chi connectivity index (χ3v) is 5.88. The molecule has 2 N–H and O–H groups in total. The molecule has 2 aromatic rings. The van der Waals surface area contributed by atoms with Gasteiger partial charge in [-0.1, -0.05) is 30.3 Å². The van der Waals surface area contributed by atoms with Crippen molar-refractivity contribution in [2.24, 2.45) is 0 Å². The van der Waals surface area contributed by atoms with Gasteiger partial charge in [-0.2, -0.15) is 4.98 Å². The zero-order valence-electron chi connectivity index (χ0n) is 16.7. The summed E-state index contributed by atoms with van der Waals surface area (Å²) in [6, 6.07) is 13.3. The van der Waals surface area contributed by atoms with Gasteiger partial charge in [0.05, 0.1) is 12.6 Å². The minimum atomic E-state index is 0.149. The van der Waals surface area contributed by atoms with Crippen LogP contribution in [-0.2, 0) is 6.54 Å². The van der Waals surface area contributed by atoms with Crippen LogP contribution in [0.1, 0.15) is 36.9 Å². The molecule has 0 amide bonds. The molecule has 0 radical (unpaired) electrons. The number of aryl methyl sites for hydroxylation is 1. The number of aliphatic hydroxyl groups is 1. The topological polar surface area (TPSA) is 64.5 Å². The number of aliphatic hydroxyl groups excluding tert-OH is 1. The molecule has 1 unspecified atom stereocenters. The summed E-state index contributed by atoms with van der Waals surface area (Å²) in [6.45, 7) is 6.33. The molecule has 0 bridgehead atoms. The van der Waals surface area contributed by atoms with Gasteiger partial charge in [-0.3, -0.25) is 4.90 Å². The fourth-order valence-corrected chi connectivity index (χ4v) is 4.33. The fourth-order valence-electron chi connectivity index (χ4n) is 4.33. The van der Waals surface area contributed by atoms with Crippen LogP contribution in [0.2, 0.25) is 0 Å². The van der Waals surface area contributed by atoms with Crippen LogP contribution in [0.5, 0.6) is 0 Å². The first kappa shape index (κ1) is 19.2. The lowest BCUT2D eigenvalue weighted by Gasteiger charge is -2.33. The van der Waals surface area contributed by atoms with Gasteiger partial charge in [0.2, 0.25) is 5.95 Å². The highest BCUT2D eigenvalue weighted by Crippen LogP contribution is 2.25. The van der Waals surface area contributed by atoms with Crippen LogP contribution >= 0.6 is 0 Å². The van der Waals surface area contributed by atoms with E-state index in [9.17, 15) is 5.11 Å². The second kappa shape index (κ2) is 8.88. The standard InChI is InChI=1S/C22H31N5O/c1-17-14-21(25-22(23-17)27-11-5-8-20(27)16-28)24-19-9-12-26(13-10-19)15-18-6-3-2-4-7-18/h2-4,6-7,14,19-20,28H,5,8-13,15-16H2,1H3,(H,23,24,25). The predicted octanol–water partition coefficient (Wildman–Crippen LogP) is 2.82. The lowest BCUT2D eigenvalue weighted by Crippen LogP contribution is -2.39. The van der Waals surface area contributed by atoms with Crippen molar-refractivity contribution in [2.75, 3.05) is 36.5 Å². The molecule has 28 heavy (non-hydrogen) atoms. The van der Waals surface area contributed by atoms with Gasteiger partial charge in [-0.25, -0.2) is 4.98 Å². The monoisotopic (exact) mass is 381 g/mol. The van der Waals surface area contributed by atoms with Crippen LogP contribution in [0.15, 0.2) is 36.4 Å². The van der Waals surface area contributed by atoms with Crippen LogP contribution in [0.25, 0.3) is 0 Å². The van der Waals surface area contributed by atoms with Crippen LogP contribution in [-0.4, -0.2) is 58.3 Å². The summed E-state index contributed by atoms with van der Waals surface area (Å²) in [5.41, 5.74) is 2.35. The van der Waals surface area contributed by atoms with Crippen LogP contribution in [0.4, 0.5) is 11.8 Å². The molecule has 1 aromatic carbocycles. The maximum absolute atomic E-state index is 9.61. The van der Waals surface area contributed by atoms with Crippen molar-refractivity contribution < 1.29 is 5.11 Å². The van der Waals surface area contributed by atoms with Crippen LogP contribution in [0.3, 0.4) is 0 Å². The third kappa shape index (κ3) is 4.62.